The third-order valence-corrected chi connectivity index (χ3v) is 3.31. The number of halogens is 3. The molecule has 1 aliphatic rings. The van der Waals surface area contributed by atoms with Gasteiger partial charge in [0.2, 0.25) is 5.91 Å². The SMILES string of the molecule is Cc1cc(NC(=O)CN2CCNCC2)n(C(C)(C)C)n1.Cl.Cl.Cl. The van der Waals surface area contributed by atoms with Crippen molar-refractivity contribution in [1.82, 2.24) is 20.0 Å². The Kier molecular flexibility index (Phi) is 11.1. The highest BCUT2D eigenvalue weighted by Gasteiger charge is 2.21. The number of aromatic nitrogens is 2. The first-order chi connectivity index (χ1) is 9.36. The maximum Gasteiger partial charge on any atom is 0.239 e. The molecule has 1 aromatic heterocycles. The Labute approximate surface area is 157 Å². The van der Waals surface area contributed by atoms with E-state index in [0.29, 0.717) is 6.54 Å². The van der Waals surface area contributed by atoms with Gasteiger partial charge in [-0.15, -0.1) is 37.2 Å². The molecule has 0 spiro atoms. The lowest BCUT2D eigenvalue weighted by atomic mass is 10.1. The Hall–Kier alpha value is -0.530. The molecule has 23 heavy (non-hydrogen) atoms. The summed E-state index contributed by atoms with van der Waals surface area (Å²) in [5, 5.41) is 10.7. The molecule has 0 saturated carbocycles. The highest BCUT2D eigenvalue weighted by Crippen LogP contribution is 2.21. The summed E-state index contributed by atoms with van der Waals surface area (Å²) in [6.07, 6.45) is 0. The molecule has 1 saturated heterocycles. The van der Waals surface area contributed by atoms with Crippen LogP contribution in [-0.4, -0.2) is 53.3 Å². The normalized spacial score (nSPS) is 15.0. The fourth-order valence-corrected chi connectivity index (χ4v) is 2.35. The van der Waals surface area contributed by atoms with Crippen LogP contribution in [0.2, 0.25) is 0 Å². The maximum atomic E-state index is 12.2. The van der Waals surface area contributed by atoms with Crippen molar-refractivity contribution in [1.29, 1.82) is 0 Å². The van der Waals surface area contributed by atoms with Crippen LogP contribution >= 0.6 is 37.2 Å². The van der Waals surface area contributed by atoms with Crippen molar-refractivity contribution in [2.45, 2.75) is 33.2 Å². The van der Waals surface area contributed by atoms with Gasteiger partial charge in [0, 0.05) is 32.2 Å². The van der Waals surface area contributed by atoms with Crippen LogP contribution in [0.3, 0.4) is 0 Å². The summed E-state index contributed by atoms with van der Waals surface area (Å²) < 4.78 is 1.87. The van der Waals surface area contributed by atoms with Gasteiger partial charge in [0.05, 0.1) is 17.8 Å². The predicted molar refractivity (Wildman–Crippen MR) is 102 cm³/mol. The van der Waals surface area contributed by atoms with Gasteiger partial charge in [0.15, 0.2) is 0 Å². The average molecular weight is 389 g/mol. The molecule has 6 nitrogen and oxygen atoms in total. The zero-order chi connectivity index (χ0) is 14.8. The summed E-state index contributed by atoms with van der Waals surface area (Å²) in [5.74, 6) is 0.799. The van der Waals surface area contributed by atoms with Crippen molar-refractivity contribution < 1.29 is 4.79 Å². The van der Waals surface area contributed by atoms with Crippen molar-refractivity contribution in [2.24, 2.45) is 0 Å². The zero-order valence-corrected chi connectivity index (χ0v) is 16.5. The predicted octanol–water partition coefficient (Wildman–Crippen LogP) is 2.06. The van der Waals surface area contributed by atoms with E-state index in [0.717, 1.165) is 37.7 Å². The number of carbonyl (C=O) groups is 1. The van der Waals surface area contributed by atoms with Crippen LogP contribution in [0.25, 0.3) is 0 Å². The third kappa shape index (κ3) is 7.27. The minimum atomic E-state index is -0.147. The first-order valence-corrected chi connectivity index (χ1v) is 7.16. The van der Waals surface area contributed by atoms with E-state index in [1.54, 1.807) is 0 Å². The molecule has 1 fully saturated rings. The Morgan fingerprint density at radius 3 is 2.35 bits per heavy atom. The molecule has 1 amide bonds. The summed E-state index contributed by atoms with van der Waals surface area (Å²) in [4.78, 5) is 14.3. The van der Waals surface area contributed by atoms with Crippen molar-refractivity contribution in [3.05, 3.63) is 11.8 Å². The molecule has 1 aliphatic heterocycles. The van der Waals surface area contributed by atoms with E-state index in [2.05, 4.69) is 41.4 Å². The van der Waals surface area contributed by atoms with Crippen LogP contribution in [-0.2, 0) is 10.3 Å². The number of carbonyl (C=O) groups excluding carboxylic acids is 1. The van der Waals surface area contributed by atoms with Gasteiger partial charge in [0.1, 0.15) is 5.82 Å². The van der Waals surface area contributed by atoms with Crippen LogP contribution in [0.15, 0.2) is 6.07 Å². The van der Waals surface area contributed by atoms with E-state index in [1.165, 1.54) is 0 Å². The molecular formula is C14H28Cl3N5O. The maximum absolute atomic E-state index is 12.2. The Bertz CT molecular complexity index is 481. The van der Waals surface area contributed by atoms with Crippen LogP contribution in [0.4, 0.5) is 5.82 Å². The zero-order valence-electron chi connectivity index (χ0n) is 14.1. The van der Waals surface area contributed by atoms with Crippen LogP contribution in [0.1, 0.15) is 26.5 Å². The quantitative estimate of drug-likeness (QED) is 0.832. The number of anilines is 1. The number of nitrogens with zero attached hydrogens (tertiary/aromatic N) is 3. The lowest BCUT2D eigenvalue weighted by molar-refractivity contribution is -0.117. The molecule has 136 valence electrons. The summed E-state index contributed by atoms with van der Waals surface area (Å²) in [5.41, 5.74) is 0.767. The first-order valence-electron chi connectivity index (χ1n) is 7.16. The van der Waals surface area contributed by atoms with E-state index >= 15 is 0 Å². The molecule has 9 heteroatoms. The number of amides is 1. The summed E-state index contributed by atoms with van der Waals surface area (Å²) >= 11 is 0. The molecule has 1 aromatic rings. The van der Waals surface area contributed by atoms with Crippen molar-refractivity contribution >= 4 is 48.9 Å². The molecule has 2 heterocycles. The Morgan fingerprint density at radius 1 is 1.26 bits per heavy atom. The Morgan fingerprint density at radius 2 is 1.83 bits per heavy atom. The van der Waals surface area contributed by atoms with Crippen LogP contribution in [0.5, 0.6) is 0 Å². The summed E-state index contributed by atoms with van der Waals surface area (Å²) in [6, 6.07) is 1.92. The molecular weight excluding hydrogens is 361 g/mol. The number of rotatable bonds is 3. The fraction of sp³-hybridized carbons (Fsp3) is 0.714. The second-order valence-corrected chi connectivity index (χ2v) is 6.33. The van der Waals surface area contributed by atoms with Gasteiger partial charge >= 0.3 is 0 Å². The van der Waals surface area contributed by atoms with E-state index in [-0.39, 0.29) is 48.7 Å². The molecule has 2 rings (SSSR count). The van der Waals surface area contributed by atoms with E-state index in [1.807, 2.05) is 17.7 Å². The van der Waals surface area contributed by atoms with Gasteiger partial charge in [0.25, 0.3) is 0 Å². The monoisotopic (exact) mass is 387 g/mol. The van der Waals surface area contributed by atoms with Gasteiger partial charge in [-0.25, -0.2) is 4.68 Å². The second-order valence-electron chi connectivity index (χ2n) is 6.33. The standard InChI is InChI=1S/C14H25N5O.3ClH/c1-11-9-12(19(17-11)14(2,3)4)16-13(20)10-18-7-5-15-6-8-18;;;/h9,15H,5-8,10H2,1-4H3,(H,16,20);3*1H. The van der Waals surface area contributed by atoms with Crippen molar-refractivity contribution in [2.75, 3.05) is 38.0 Å². The van der Waals surface area contributed by atoms with Crippen molar-refractivity contribution in [3.63, 3.8) is 0 Å². The smallest absolute Gasteiger partial charge is 0.239 e. The number of hydrogen-bond acceptors (Lipinski definition) is 4. The van der Waals surface area contributed by atoms with Gasteiger partial charge in [-0.2, -0.15) is 5.10 Å². The largest absolute Gasteiger partial charge is 0.314 e. The van der Waals surface area contributed by atoms with E-state index in [4.69, 9.17) is 0 Å². The number of piperazine rings is 1. The number of hydrogen-bond donors (Lipinski definition) is 2. The number of aryl methyl sites for hydroxylation is 1. The molecule has 0 aliphatic carbocycles. The number of nitrogens with one attached hydrogen (secondary N) is 2. The lowest BCUT2D eigenvalue weighted by Crippen LogP contribution is -2.46. The van der Waals surface area contributed by atoms with Crippen LogP contribution < -0.4 is 10.6 Å². The van der Waals surface area contributed by atoms with Gasteiger partial charge in [-0.3, -0.25) is 9.69 Å². The van der Waals surface area contributed by atoms with Crippen molar-refractivity contribution in [3.8, 4) is 0 Å². The molecule has 0 radical (unpaired) electrons. The lowest BCUT2D eigenvalue weighted by Gasteiger charge is -2.27. The minimum absolute atomic E-state index is 0. The van der Waals surface area contributed by atoms with Crippen LogP contribution in [0, 0.1) is 6.92 Å². The highest BCUT2D eigenvalue weighted by atomic mass is 35.5. The topological polar surface area (TPSA) is 62.2 Å². The van der Waals surface area contributed by atoms with Gasteiger partial charge in [-0.1, -0.05) is 0 Å². The summed E-state index contributed by atoms with van der Waals surface area (Å²) in [7, 11) is 0. The van der Waals surface area contributed by atoms with E-state index < -0.39 is 0 Å². The second kappa shape index (κ2) is 10.4. The fourth-order valence-electron chi connectivity index (χ4n) is 2.35. The van der Waals surface area contributed by atoms with Gasteiger partial charge < -0.3 is 10.6 Å². The molecule has 0 bridgehead atoms. The molecule has 2 N–H and O–H groups in total. The average Bonchev–Trinajstić information content (AvgIpc) is 2.71. The molecule has 0 aromatic carbocycles. The summed E-state index contributed by atoms with van der Waals surface area (Å²) in [6.45, 7) is 12.3. The van der Waals surface area contributed by atoms with Gasteiger partial charge in [-0.05, 0) is 27.7 Å². The molecule has 0 unspecified atom stereocenters. The molecule has 0 atom stereocenters. The third-order valence-electron chi connectivity index (χ3n) is 3.31. The minimum Gasteiger partial charge on any atom is -0.314 e. The Balaban J connectivity index is 0. The van der Waals surface area contributed by atoms with E-state index in [9.17, 15) is 4.79 Å². The first kappa shape index (κ1) is 24.7. The highest BCUT2D eigenvalue weighted by molar-refractivity contribution is 5.91.